The van der Waals surface area contributed by atoms with Crippen molar-refractivity contribution in [3.05, 3.63) is 69.7 Å². The van der Waals surface area contributed by atoms with Crippen LogP contribution in [0, 0.1) is 0 Å². The normalized spacial score (nSPS) is 11.3. The molecule has 2 aromatic carbocycles. The molecule has 1 heterocycles. The van der Waals surface area contributed by atoms with Crippen molar-refractivity contribution in [3.8, 4) is 0 Å². The number of nitrogens with one attached hydrogen (secondary N) is 2. The quantitative estimate of drug-likeness (QED) is 0.588. The van der Waals surface area contributed by atoms with E-state index in [9.17, 15) is 4.79 Å². The second-order valence-corrected chi connectivity index (χ2v) is 8.71. The first-order valence-corrected chi connectivity index (χ1v) is 9.74. The van der Waals surface area contributed by atoms with E-state index in [2.05, 4.69) is 41.6 Å². The number of urea groups is 1. The topological polar surface area (TPSA) is 66.9 Å². The zero-order valence-corrected chi connectivity index (χ0v) is 17.0. The number of hydrogen-bond acceptors (Lipinski definition) is 4. The van der Waals surface area contributed by atoms with Gasteiger partial charge in [0.05, 0.1) is 0 Å². The monoisotopic (exact) mass is 400 g/mol. The number of nitrogens with zero attached hydrogens (tertiary/aromatic N) is 2. The van der Waals surface area contributed by atoms with Crippen LogP contribution in [0.4, 0.5) is 15.6 Å². The zero-order valence-electron chi connectivity index (χ0n) is 15.4. The fourth-order valence-corrected chi connectivity index (χ4v) is 3.36. The maximum absolute atomic E-state index is 12.2. The molecule has 2 N–H and O–H groups in total. The second-order valence-electron chi connectivity index (χ2n) is 7.21. The Morgan fingerprint density at radius 2 is 1.67 bits per heavy atom. The minimum Gasteiger partial charge on any atom is -0.308 e. The summed E-state index contributed by atoms with van der Waals surface area (Å²) in [6.45, 7) is 6.46. The van der Waals surface area contributed by atoms with Gasteiger partial charge in [-0.1, -0.05) is 68.0 Å². The Hall–Kier alpha value is -2.44. The van der Waals surface area contributed by atoms with Crippen LogP contribution in [-0.2, 0) is 11.8 Å². The third kappa shape index (κ3) is 5.52. The lowest BCUT2D eigenvalue weighted by Crippen LogP contribution is -2.19. The van der Waals surface area contributed by atoms with Crippen LogP contribution in [0.1, 0.15) is 36.9 Å². The lowest BCUT2D eigenvalue weighted by atomic mass is 9.87. The molecule has 5 nitrogen and oxygen atoms in total. The Bertz CT molecular complexity index is 914. The van der Waals surface area contributed by atoms with Gasteiger partial charge in [-0.05, 0) is 40.8 Å². The molecule has 7 heteroatoms. The third-order valence-corrected chi connectivity index (χ3v) is 5.06. The average Bonchev–Trinajstić information content (AvgIpc) is 3.03. The molecule has 0 atom stereocenters. The SMILES string of the molecule is CC(C)(C)c1ccc(NC(=O)Nc2nnc(Cc3ccc(Cl)cc3)s2)cc1. The minimum atomic E-state index is -0.340. The van der Waals surface area contributed by atoms with Gasteiger partial charge in [0.2, 0.25) is 5.13 Å². The highest BCUT2D eigenvalue weighted by atomic mass is 35.5. The van der Waals surface area contributed by atoms with Crippen LogP contribution in [-0.4, -0.2) is 16.2 Å². The molecule has 0 radical (unpaired) electrons. The number of anilines is 2. The highest BCUT2D eigenvalue weighted by Crippen LogP contribution is 2.24. The van der Waals surface area contributed by atoms with Crippen LogP contribution in [0.2, 0.25) is 5.02 Å². The third-order valence-electron chi connectivity index (χ3n) is 3.96. The van der Waals surface area contributed by atoms with E-state index in [1.165, 1.54) is 16.9 Å². The van der Waals surface area contributed by atoms with Crippen molar-refractivity contribution < 1.29 is 4.79 Å². The first-order chi connectivity index (χ1) is 12.8. The van der Waals surface area contributed by atoms with Gasteiger partial charge in [-0.25, -0.2) is 4.79 Å². The molecule has 27 heavy (non-hydrogen) atoms. The number of carbonyl (C=O) groups excluding carboxylic acids is 1. The number of benzene rings is 2. The lowest BCUT2D eigenvalue weighted by Gasteiger charge is -2.19. The van der Waals surface area contributed by atoms with Crippen molar-refractivity contribution >= 4 is 39.8 Å². The van der Waals surface area contributed by atoms with Gasteiger partial charge in [-0.2, -0.15) is 0 Å². The molecule has 2 amide bonds. The van der Waals surface area contributed by atoms with Crippen molar-refractivity contribution in [1.82, 2.24) is 10.2 Å². The predicted octanol–water partition coefficient (Wildman–Crippen LogP) is 5.72. The predicted molar refractivity (Wildman–Crippen MR) is 112 cm³/mol. The van der Waals surface area contributed by atoms with Gasteiger partial charge in [-0.15, -0.1) is 10.2 Å². The molecule has 0 saturated carbocycles. The summed E-state index contributed by atoms with van der Waals surface area (Å²) in [5, 5.41) is 15.7. The molecule has 0 fully saturated rings. The molecular weight excluding hydrogens is 380 g/mol. The van der Waals surface area contributed by atoms with E-state index in [-0.39, 0.29) is 11.4 Å². The molecule has 0 saturated heterocycles. The van der Waals surface area contributed by atoms with Gasteiger partial charge in [0.25, 0.3) is 0 Å². The smallest absolute Gasteiger partial charge is 0.308 e. The first-order valence-electron chi connectivity index (χ1n) is 8.55. The highest BCUT2D eigenvalue weighted by molar-refractivity contribution is 7.15. The Morgan fingerprint density at radius 3 is 2.30 bits per heavy atom. The van der Waals surface area contributed by atoms with Crippen LogP contribution in [0.5, 0.6) is 0 Å². The van der Waals surface area contributed by atoms with Crippen molar-refractivity contribution in [3.63, 3.8) is 0 Å². The molecule has 0 spiro atoms. The van der Waals surface area contributed by atoms with Gasteiger partial charge in [-0.3, -0.25) is 5.32 Å². The van der Waals surface area contributed by atoms with Crippen LogP contribution in [0.25, 0.3) is 0 Å². The van der Waals surface area contributed by atoms with Gasteiger partial charge in [0, 0.05) is 17.1 Å². The summed E-state index contributed by atoms with van der Waals surface area (Å²) in [5.74, 6) is 0. The van der Waals surface area contributed by atoms with E-state index in [0.717, 1.165) is 16.3 Å². The Kier molecular flexibility index (Phi) is 5.77. The van der Waals surface area contributed by atoms with Crippen LogP contribution < -0.4 is 10.6 Å². The van der Waals surface area contributed by atoms with Gasteiger partial charge in [0.15, 0.2) is 0 Å². The highest BCUT2D eigenvalue weighted by Gasteiger charge is 2.13. The molecule has 3 rings (SSSR count). The fraction of sp³-hybridized carbons (Fsp3) is 0.250. The van der Waals surface area contributed by atoms with E-state index in [1.54, 1.807) is 0 Å². The van der Waals surface area contributed by atoms with Crippen molar-refractivity contribution in [2.45, 2.75) is 32.6 Å². The number of aromatic nitrogens is 2. The summed E-state index contributed by atoms with van der Waals surface area (Å²) in [6.07, 6.45) is 0.645. The largest absolute Gasteiger partial charge is 0.325 e. The Balaban J connectivity index is 1.57. The van der Waals surface area contributed by atoms with Crippen LogP contribution in [0.15, 0.2) is 48.5 Å². The molecule has 0 aliphatic carbocycles. The van der Waals surface area contributed by atoms with E-state index >= 15 is 0 Å². The number of hydrogen-bond donors (Lipinski definition) is 2. The first kappa shape index (κ1) is 19.3. The van der Waals surface area contributed by atoms with Crippen molar-refractivity contribution in [2.75, 3.05) is 10.6 Å². The molecular formula is C20H21ClN4OS. The summed E-state index contributed by atoms with van der Waals surface area (Å²) < 4.78 is 0. The Morgan fingerprint density at radius 1 is 1.00 bits per heavy atom. The number of rotatable bonds is 4. The number of amides is 2. The Labute approximate surface area is 167 Å². The fourth-order valence-electron chi connectivity index (χ4n) is 2.47. The number of halogens is 1. The molecule has 0 unspecified atom stereocenters. The van der Waals surface area contributed by atoms with Gasteiger partial charge >= 0.3 is 6.03 Å². The lowest BCUT2D eigenvalue weighted by molar-refractivity contribution is 0.262. The minimum absolute atomic E-state index is 0.0772. The molecule has 0 bridgehead atoms. The summed E-state index contributed by atoms with van der Waals surface area (Å²) in [5.41, 5.74) is 3.11. The molecule has 140 valence electrons. The van der Waals surface area contributed by atoms with E-state index in [1.807, 2.05) is 48.5 Å². The average molecular weight is 401 g/mol. The summed E-state index contributed by atoms with van der Waals surface area (Å²) in [7, 11) is 0. The van der Waals surface area contributed by atoms with Crippen LogP contribution >= 0.6 is 22.9 Å². The molecule has 3 aromatic rings. The van der Waals surface area contributed by atoms with Gasteiger partial charge in [0.1, 0.15) is 5.01 Å². The summed E-state index contributed by atoms with van der Waals surface area (Å²) in [6, 6.07) is 15.1. The molecule has 1 aromatic heterocycles. The van der Waals surface area contributed by atoms with E-state index in [4.69, 9.17) is 11.6 Å². The molecule has 0 aliphatic heterocycles. The number of carbonyl (C=O) groups is 1. The zero-order chi connectivity index (χ0) is 19.4. The van der Waals surface area contributed by atoms with Crippen molar-refractivity contribution in [1.29, 1.82) is 0 Å². The van der Waals surface area contributed by atoms with E-state index < -0.39 is 0 Å². The summed E-state index contributed by atoms with van der Waals surface area (Å²) >= 11 is 7.24. The maximum Gasteiger partial charge on any atom is 0.325 e. The van der Waals surface area contributed by atoms with E-state index in [0.29, 0.717) is 16.6 Å². The van der Waals surface area contributed by atoms with Crippen molar-refractivity contribution in [2.24, 2.45) is 0 Å². The second kappa shape index (κ2) is 8.06. The van der Waals surface area contributed by atoms with Crippen LogP contribution in [0.3, 0.4) is 0 Å². The standard InChI is InChI=1S/C20H21ClN4OS/c1-20(2,3)14-6-10-16(11-7-14)22-18(26)23-19-25-24-17(27-19)12-13-4-8-15(21)9-5-13/h4-11H,12H2,1-3H3,(H2,22,23,25,26). The molecule has 0 aliphatic rings. The van der Waals surface area contributed by atoms with Gasteiger partial charge < -0.3 is 5.32 Å². The summed E-state index contributed by atoms with van der Waals surface area (Å²) in [4.78, 5) is 12.2. The maximum atomic E-state index is 12.2.